The van der Waals surface area contributed by atoms with E-state index in [-0.39, 0.29) is 12.6 Å². The van der Waals surface area contributed by atoms with Crippen molar-refractivity contribution in [1.29, 1.82) is 0 Å². The minimum atomic E-state index is -0.477. The average Bonchev–Trinajstić information content (AvgIpc) is 2.67. The second-order valence-corrected chi connectivity index (χ2v) is 5.23. The molecule has 0 aromatic heterocycles. The third kappa shape index (κ3) is 6.64. The SMILES string of the molecule is COC(=O)c1ccc(COCCNC(=O)OCc2ccccc2)cc1. The minimum absolute atomic E-state index is 0.236. The number of methoxy groups -OCH3 is 1. The Bertz CT molecular complexity index is 670. The van der Waals surface area contributed by atoms with Crippen LogP contribution >= 0.6 is 0 Å². The Morgan fingerprint density at radius 1 is 0.920 bits per heavy atom. The van der Waals surface area contributed by atoms with Crippen LogP contribution in [-0.4, -0.2) is 32.3 Å². The number of esters is 1. The highest BCUT2D eigenvalue weighted by molar-refractivity contribution is 5.89. The highest BCUT2D eigenvalue weighted by Gasteiger charge is 2.05. The molecule has 6 nitrogen and oxygen atoms in total. The molecule has 0 radical (unpaired) electrons. The summed E-state index contributed by atoms with van der Waals surface area (Å²) in [6.07, 6.45) is -0.477. The van der Waals surface area contributed by atoms with Crippen LogP contribution in [0.5, 0.6) is 0 Å². The van der Waals surface area contributed by atoms with Crippen LogP contribution in [0, 0.1) is 0 Å². The predicted octanol–water partition coefficient (Wildman–Crippen LogP) is 2.92. The first-order valence-corrected chi connectivity index (χ1v) is 7.88. The molecule has 0 saturated heterocycles. The third-order valence-corrected chi connectivity index (χ3v) is 3.37. The Hall–Kier alpha value is -2.86. The molecule has 6 heteroatoms. The predicted molar refractivity (Wildman–Crippen MR) is 92.1 cm³/mol. The summed E-state index contributed by atoms with van der Waals surface area (Å²) in [5.74, 6) is -0.370. The van der Waals surface area contributed by atoms with Crippen molar-refractivity contribution in [2.45, 2.75) is 13.2 Å². The van der Waals surface area contributed by atoms with E-state index in [1.165, 1.54) is 7.11 Å². The molecule has 2 aromatic carbocycles. The van der Waals surface area contributed by atoms with E-state index in [0.29, 0.717) is 25.3 Å². The van der Waals surface area contributed by atoms with Gasteiger partial charge in [0.25, 0.3) is 0 Å². The van der Waals surface area contributed by atoms with Gasteiger partial charge >= 0.3 is 12.1 Å². The molecule has 2 aromatic rings. The van der Waals surface area contributed by atoms with Gasteiger partial charge in [0, 0.05) is 6.54 Å². The molecule has 0 atom stereocenters. The lowest BCUT2D eigenvalue weighted by Crippen LogP contribution is -2.27. The van der Waals surface area contributed by atoms with Crippen molar-refractivity contribution in [2.24, 2.45) is 0 Å². The van der Waals surface area contributed by atoms with Crippen molar-refractivity contribution < 1.29 is 23.8 Å². The molecule has 0 fully saturated rings. The molecule has 1 amide bonds. The van der Waals surface area contributed by atoms with E-state index in [1.54, 1.807) is 24.3 Å². The van der Waals surface area contributed by atoms with E-state index in [9.17, 15) is 9.59 Å². The Morgan fingerprint density at radius 2 is 1.60 bits per heavy atom. The first kappa shape index (κ1) is 18.5. The van der Waals surface area contributed by atoms with Gasteiger partial charge in [-0.15, -0.1) is 0 Å². The zero-order chi connectivity index (χ0) is 17.9. The van der Waals surface area contributed by atoms with Gasteiger partial charge in [-0.25, -0.2) is 9.59 Å². The molecule has 25 heavy (non-hydrogen) atoms. The molecule has 0 spiro atoms. The number of amides is 1. The van der Waals surface area contributed by atoms with Crippen LogP contribution in [0.1, 0.15) is 21.5 Å². The zero-order valence-electron chi connectivity index (χ0n) is 14.1. The van der Waals surface area contributed by atoms with Crippen LogP contribution in [0.4, 0.5) is 4.79 Å². The summed E-state index contributed by atoms with van der Waals surface area (Å²) in [7, 11) is 1.34. The van der Waals surface area contributed by atoms with Crippen molar-refractivity contribution in [1.82, 2.24) is 5.32 Å². The molecular formula is C19H21NO5. The molecule has 0 bridgehead atoms. The summed E-state index contributed by atoms with van der Waals surface area (Å²) in [5, 5.41) is 2.62. The van der Waals surface area contributed by atoms with E-state index >= 15 is 0 Å². The topological polar surface area (TPSA) is 73.9 Å². The number of ether oxygens (including phenoxy) is 3. The minimum Gasteiger partial charge on any atom is -0.465 e. The Labute approximate surface area is 146 Å². The molecular weight excluding hydrogens is 322 g/mol. The average molecular weight is 343 g/mol. The maximum atomic E-state index is 11.5. The van der Waals surface area contributed by atoms with Crippen LogP contribution in [0.25, 0.3) is 0 Å². The van der Waals surface area contributed by atoms with Gasteiger partial charge in [0.05, 0.1) is 25.9 Å². The van der Waals surface area contributed by atoms with Gasteiger partial charge in [-0.05, 0) is 23.3 Å². The number of rotatable bonds is 8. The van der Waals surface area contributed by atoms with Crippen molar-refractivity contribution in [3.8, 4) is 0 Å². The number of hydrogen-bond donors (Lipinski definition) is 1. The van der Waals surface area contributed by atoms with E-state index in [2.05, 4.69) is 10.1 Å². The van der Waals surface area contributed by atoms with Gasteiger partial charge in [-0.2, -0.15) is 0 Å². The quantitative estimate of drug-likeness (QED) is 0.589. The van der Waals surface area contributed by atoms with Crippen LogP contribution in [0.15, 0.2) is 54.6 Å². The van der Waals surface area contributed by atoms with Crippen molar-refractivity contribution in [3.05, 3.63) is 71.3 Å². The number of carbonyl (C=O) groups is 2. The van der Waals surface area contributed by atoms with Crippen LogP contribution in [0.3, 0.4) is 0 Å². The van der Waals surface area contributed by atoms with Crippen LogP contribution in [-0.2, 0) is 27.4 Å². The first-order valence-electron chi connectivity index (χ1n) is 7.88. The largest absolute Gasteiger partial charge is 0.465 e. The standard InChI is InChI=1S/C19H21NO5/c1-23-18(21)17-9-7-16(8-10-17)13-24-12-11-20-19(22)25-14-15-5-3-2-4-6-15/h2-10H,11-14H2,1H3,(H,20,22). The van der Waals surface area contributed by atoms with Crippen molar-refractivity contribution in [3.63, 3.8) is 0 Å². The van der Waals surface area contributed by atoms with Gasteiger partial charge in [-0.3, -0.25) is 0 Å². The third-order valence-electron chi connectivity index (χ3n) is 3.37. The smallest absolute Gasteiger partial charge is 0.407 e. The maximum absolute atomic E-state index is 11.5. The normalized spacial score (nSPS) is 10.1. The van der Waals surface area contributed by atoms with E-state index in [1.807, 2.05) is 30.3 Å². The maximum Gasteiger partial charge on any atom is 0.407 e. The van der Waals surface area contributed by atoms with Crippen molar-refractivity contribution >= 4 is 12.1 Å². The first-order chi connectivity index (χ1) is 12.2. The molecule has 0 unspecified atom stereocenters. The summed E-state index contributed by atoms with van der Waals surface area (Å²) < 4.78 is 15.2. The second kappa shape index (κ2) is 10.1. The van der Waals surface area contributed by atoms with Crippen molar-refractivity contribution in [2.75, 3.05) is 20.3 Å². The highest BCUT2D eigenvalue weighted by Crippen LogP contribution is 2.07. The Kier molecular flexibility index (Phi) is 7.46. The number of nitrogens with one attached hydrogen (secondary N) is 1. The van der Waals surface area contributed by atoms with E-state index < -0.39 is 6.09 Å². The van der Waals surface area contributed by atoms with Gasteiger partial charge in [0.1, 0.15) is 6.61 Å². The zero-order valence-corrected chi connectivity index (χ0v) is 14.1. The highest BCUT2D eigenvalue weighted by atomic mass is 16.5. The number of alkyl carbamates (subject to hydrolysis) is 1. The van der Waals surface area contributed by atoms with Gasteiger partial charge < -0.3 is 19.5 Å². The second-order valence-electron chi connectivity index (χ2n) is 5.23. The molecule has 0 aliphatic carbocycles. The Morgan fingerprint density at radius 3 is 2.28 bits per heavy atom. The fraction of sp³-hybridized carbons (Fsp3) is 0.263. The molecule has 1 N–H and O–H groups in total. The fourth-order valence-corrected chi connectivity index (χ4v) is 2.04. The number of hydrogen-bond acceptors (Lipinski definition) is 5. The van der Waals surface area contributed by atoms with E-state index in [0.717, 1.165) is 11.1 Å². The summed E-state index contributed by atoms with van der Waals surface area (Å²) in [6, 6.07) is 16.4. The van der Waals surface area contributed by atoms with Gasteiger partial charge in [0.2, 0.25) is 0 Å². The van der Waals surface area contributed by atoms with Gasteiger partial charge in [-0.1, -0.05) is 42.5 Å². The molecule has 0 aliphatic rings. The Balaban J connectivity index is 1.58. The molecule has 0 heterocycles. The summed E-state index contributed by atoms with van der Waals surface area (Å²) in [6.45, 7) is 1.34. The lowest BCUT2D eigenvalue weighted by molar-refractivity contribution is 0.0600. The molecule has 0 saturated carbocycles. The fourth-order valence-electron chi connectivity index (χ4n) is 2.04. The number of benzene rings is 2. The van der Waals surface area contributed by atoms with E-state index in [4.69, 9.17) is 9.47 Å². The van der Waals surface area contributed by atoms with Gasteiger partial charge in [0.15, 0.2) is 0 Å². The lowest BCUT2D eigenvalue weighted by Gasteiger charge is -2.08. The summed E-state index contributed by atoms with van der Waals surface area (Å²) in [4.78, 5) is 22.9. The summed E-state index contributed by atoms with van der Waals surface area (Å²) >= 11 is 0. The summed E-state index contributed by atoms with van der Waals surface area (Å²) in [5.41, 5.74) is 2.36. The molecule has 2 rings (SSSR count). The monoisotopic (exact) mass is 343 g/mol. The van der Waals surface area contributed by atoms with Crippen LogP contribution in [0.2, 0.25) is 0 Å². The lowest BCUT2D eigenvalue weighted by atomic mass is 10.1. The number of carbonyl (C=O) groups excluding carboxylic acids is 2. The molecule has 132 valence electrons. The van der Waals surface area contributed by atoms with Crippen LogP contribution < -0.4 is 5.32 Å². The molecule has 0 aliphatic heterocycles.